The van der Waals surface area contributed by atoms with Gasteiger partial charge in [0.25, 0.3) is 0 Å². The minimum atomic E-state index is -0.475. The molecule has 168 valence electrons. The fraction of sp³-hybridized carbons (Fsp3) is 0.348. The van der Waals surface area contributed by atoms with Gasteiger partial charge < -0.3 is 15.5 Å². The Hall–Kier alpha value is -2.71. The van der Waals surface area contributed by atoms with Gasteiger partial charge in [-0.15, -0.1) is 10.2 Å². The molecule has 4 rings (SSSR count). The van der Waals surface area contributed by atoms with E-state index in [2.05, 4.69) is 34.8 Å². The fourth-order valence-corrected chi connectivity index (χ4v) is 5.01. The Morgan fingerprint density at radius 3 is 2.66 bits per heavy atom. The summed E-state index contributed by atoms with van der Waals surface area (Å²) in [5.41, 5.74) is 6.32. The van der Waals surface area contributed by atoms with Gasteiger partial charge in [-0.2, -0.15) is 0 Å². The van der Waals surface area contributed by atoms with Crippen LogP contribution in [0, 0.1) is 0 Å². The largest absolute Gasteiger partial charge is 0.495 e. The van der Waals surface area contributed by atoms with Gasteiger partial charge in [-0.1, -0.05) is 55.4 Å². The molecular weight excluding hydrogens is 446 g/mol. The van der Waals surface area contributed by atoms with E-state index in [9.17, 15) is 4.79 Å². The summed E-state index contributed by atoms with van der Waals surface area (Å²) in [7, 11) is 1.58. The van der Waals surface area contributed by atoms with Crippen LogP contribution < -0.4 is 15.5 Å². The summed E-state index contributed by atoms with van der Waals surface area (Å²) in [5.74, 6) is 1.32. The van der Waals surface area contributed by atoms with E-state index in [-0.39, 0.29) is 11.9 Å². The number of aromatic nitrogens is 3. The number of nitrogens with one attached hydrogen (secondary N) is 2. The number of hydrogen-bond donors (Lipinski definition) is 2. The van der Waals surface area contributed by atoms with Crippen LogP contribution in [0.2, 0.25) is 5.02 Å². The molecule has 0 saturated heterocycles. The maximum Gasteiger partial charge on any atom is 0.240 e. The second-order valence-electron chi connectivity index (χ2n) is 7.56. The van der Waals surface area contributed by atoms with Gasteiger partial charge in [-0.05, 0) is 48.2 Å². The van der Waals surface area contributed by atoms with Crippen LogP contribution in [0.25, 0.3) is 0 Å². The molecular formula is C23H26ClN5O2S. The van der Waals surface area contributed by atoms with Crippen molar-refractivity contribution in [3.05, 3.63) is 64.4 Å². The maximum absolute atomic E-state index is 13.4. The van der Waals surface area contributed by atoms with Gasteiger partial charge in [0.15, 0.2) is 5.82 Å². The van der Waals surface area contributed by atoms with Crippen molar-refractivity contribution in [3.8, 4) is 5.75 Å². The molecule has 2 N–H and O–H groups in total. The molecule has 2 heterocycles. The summed E-state index contributed by atoms with van der Waals surface area (Å²) in [5, 5.41) is 12.3. The van der Waals surface area contributed by atoms with E-state index in [1.54, 1.807) is 7.11 Å². The average Bonchev–Trinajstić information content (AvgIpc) is 3.20. The summed E-state index contributed by atoms with van der Waals surface area (Å²) < 4.78 is 7.18. The number of carbonyl (C=O) groups excluding carboxylic acids is 1. The van der Waals surface area contributed by atoms with E-state index in [0.717, 1.165) is 36.3 Å². The van der Waals surface area contributed by atoms with Gasteiger partial charge in [0.1, 0.15) is 11.0 Å². The summed E-state index contributed by atoms with van der Waals surface area (Å²) in [6.07, 6.45) is 2.69. The Morgan fingerprint density at radius 2 is 2.00 bits per heavy atom. The molecule has 0 saturated carbocycles. The minimum Gasteiger partial charge on any atom is -0.495 e. The highest BCUT2D eigenvalue weighted by atomic mass is 35.5. The quantitative estimate of drug-likeness (QED) is 0.512. The number of rotatable bonds is 7. The van der Waals surface area contributed by atoms with Crippen LogP contribution in [-0.4, -0.2) is 33.1 Å². The molecule has 0 bridgehead atoms. The van der Waals surface area contributed by atoms with Crippen LogP contribution >= 0.6 is 23.4 Å². The Labute approximate surface area is 196 Å². The van der Waals surface area contributed by atoms with E-state index in [4.69, 9.17) is 16.3 Å². The van der Waals surface area contributed by atoms with E-state index < -0.39 is 5.25 Å². The van der Waals surface area contributed by atoms with Crippen molar-refractivity contribution < 1.29 is 9.53 Å². The molecule has 1 aliphatic rings. The van der Waals surface area contributed by atoms with E-state index in [1.807, 2.05) is 47.1 Å². The van der Waals surface area contributed by atoms with Crippen LogP contribution in [-0.2, 0) is 17.6 Å². The third kappa shape index (κ3) is 4.56. The van der Waals surface area contributed by atoms with Gasteiger partial charge in [0.05, 0.1) is 18.2 Å². The van der Waals surface area contributed by atoms with E-state index in [0.29, 0.717) is 15.9 Å². The number of hydrogen-bond acceptors (Lipinski definition) is 6. The maximum atomic E-state index is 13.4. The second kappa shape index (κ2) is 9.83. The topological polar surface area (TPSA) is 81.1 Å². The summed E-state index contributed by atoms with van der Waals surface area (Å²) in [4.78, 5) is 13.4. The van der Waals surface area contributed by atoms with Crippen molar-refractivity contribution >= 4 is 35.0 Å². The molecule has 0 unspecified atom stereocenters. The number of halogens is 1. The lowest BCUT2D eigenvalue weighted by Crippen LogP contribution is -2.41. The molecule has 3 aromatic rings. The zero-order chi connectivity index (χ0) is 22.7. The lowest BCUT2D eigenvalue weighted by atomic mass is 10.0. The summed E-state index contributed by atoms with van der Waals surface area (Å²) in [6.45, 7) is 4.20. The van der Waals surface area contributed by atoms with Gasteiger partial charge in [-0.25, -0.2) is 4.68 Å². The smallest absolute Gasteiger partial charge is 0.240 e. The summed E-state index contributed by atoms with van der Waals surface area (Å²) in [6, 6.07) is 13.1. The Morgan fingerprint density at radius 1 is 1.22 bits per heavy atom. The third-order valence-electron chi connectivity index (χ3n) is 5.40. The predicted octanol–water partition coefficient (Wildman–Crippen LogP) is 4.85. The number of carbonyl (C=O) groups is 1. The molecule has 0 spiro atoms. The van der Waals surface area contributed by atoms with Gasteiger partial charge in [0, 0.05) is 12.1 Å². The Balaban J connectivity index is 1.66. The highest BCUT2D eigenvalue weighted by Gasteiger charge is 2.38. The highest BCUT2D eigenvalue weighted by Crippen LogP contribution is 2.39. The normalized spacial score (nSPS) is 17.4. The standard InChI is InChI=1S/C23H26ClN5O2S/c1-4-6-19-26-27-23-29(19)28-20(15-9-12-18(31-3)17(24)13-15)21(32-23)22(30)25-16-10-7-14(5-2)8-11-16/h7-13,20-21,28H,4-6H2,1-3H3,(H,25,30)/t20-,21+/m0/s1. The SMILES string of the molecule is CCCc1nnc2n1N[C@@H](c1ccc(OC)c(Cl)c1)[C@H](C(=O)Nc1ccc(CC)cc1)S2. The van der Waals surface area contributed by atoms with Crippen LogP contribution in [0.3, 0.4) is 0 Å². The first-order valence-corrected chi connectivity index (χ1v) is 11.9. The van der Waals surface area contributed by atoms with Crippen molar-refractivity contribution in [1.82, 2.24) is 14.9 Å². The molecule has 0 radical (unpaired) electrons. The summed E-state index contributed by atoms with van der Waals surface area (Å²) >= 11 is 7.80. The second-order valence-corrected chi connectivity index (χ2v) is 9.08. The molecule has 1 aliphatic heterocycles. The molecule has 0 aliphatic carbocycles. The van der Waals surface area contributed by atoms with Gasteiger partial charge in [0.2, 0.25) is 11.1 Å². The first-order chi connectivity index (χ1) is 15.5. The number of fused-ring (bicyclic) bond motifs is 1. The van der Waals surface area contributed by atoms with E-state index in [1.165, 1.54) is 17.3 Å². The Kier molecular flexibility index (Phi) is 6.91. The highest BCUT2D eigenvalue weighted by molar-refractivity contribution is 8.00. The monoisotopic (exact) mass is 471 g/mol. The van der Waals surface area contributed by atoms with E-state index >= 15 is 0 Å². The Bertz CT molecular complexity index is 1100. The van der Waals surface area contributed by atoms with Crippen LogP contribution in [0.15, 0.2) is 47.6 Å². The average molecular weight is 472 g/mol. The first kappa shape index (κ1) is 22.5. The van der Waals surface area contributed by atoms with Crippen LogP contribution in [0.4, 0.5) is 5.69 Å². The van der Waals surface area contributed by atoms with Crippen molar-refractivity contribution in [2.45, 2.75) is 49.6 Å². The third-order valence-corrected chi connectivity index (χ3v) is 6.91. The van der Waals surface area contributed by atoms with Crippen molar-refractivity contribution in [2.75, 3.05) is 17.9 Å². The molecule has 1 amide bonds. The number of thioether (sulfide) groups is 1. The first-order valence-electron chi connectivity index (χ1n) is 10.6. The number of methoxy groups -OCH3 is 1. The van der Waals surface area contributed by atoms with Gasteiger partial charge >= 0.3 is 0 Å². The molecule has 32 heavy (non-hydrogen) atoms. The molecule has 2 atom stereocenters. The number of anilines is 1. The fourth-order valence-electron chi connectivity index (χ4n) is 3.65. The molecule has 2 aromatic carbocycles. The number of amides is 1. The zero-order valence-corrected chi connectivity index (χ0v) is 19.8. The number of ether oxygens (including phenoxy) is 1. The lowest BCUT2D eigenvalue weighted by molar-refractivity contribution is -0.116. The van der Waals surface area contributed by atoms with Crippen molar-refractivity contribution in [2.24, 2.45) is 0 Å². The van der Waals surface area contributed by atoms with Gasteiger partial charge in [-0.3, -0.25) is 4.79 Å². The molecule has 1 aromatic heterocycles. The van der Waals surface area contributed by atoms with Crippen LogP contribution in [0.5, 0.6) is 5.75 Å². The van der Waals surface area contributed by atoms with Crippen molar-refractivity contribution in [3.63, 3.8) is 0 Å². The number of nitrogens with zero attached hydrogens (tertiary/aromatic N) is 3. The minimum absolute atomic E-state index is 0.116. The number of aryl methyl sites for hydroxylation is 2. The van der Waals surface area contributed by atoms with Crippen LogP contribution in [0.1, 0.15) is 43.3 Å². The molecule has 9 heteroatoms. The van der Waals surface area contributed by atoms with Crippen molar-refractivity contribution in [1.29, 1.82) is 0 Å². The zero-order valence-electron chi connectivity index (χ0n) is 18.3. The molecule has 7 nitrogen and oxygen atoms in total. The molecule has 0 fully saturated rings. The lowest BCUT2D eigenvalue weighted by Gasteiger charge is -2.33. The predicted molar refractivity (Wildman–Crippen MR) is 128 cm³/mol. The number of benzene rings is 2.